The number of hydrogen-bond donors (Lipinski definition) is 2. The van der Waals surface area contributed by atoms with Gasteiger partial charge in [-0.15, -0.1) is 0 Å². The number of aliphatic hydroxyl groups excluding tert-OH is 2. The zero-order valence-electron chi connectivity index (χ0n) is 19.8. The molecule has 0 aliphatic carbocycles. The van der Waals surface area contributed by atoms with Crippen molar-refractivity contribution in [2.75, 3.05) is 44.3 Å². The molecule has 35 heavy (non-hydrogen) atoms. The summed E-state index contributed by atoms with van der Waals surface area (Å²) in [5.41, 5.74) is 4.47. The zero-order valence-corrected chi connectivity index (χ0v) is 19.8. The predicted molar refractivity (Wildman–Crippen MR) is 133 cm³/mol. The van der Waals surface area contributed by atoms with Crippen LogP contribution in [0.1, 0.15) is 34.4 Å². The van der Waals surface area contributed by atoms with Crippen LogP contribution in [0.3, 0.4) is 0 Å². The average molecular weight is 476 g/mol. The third-order valence-corrected chi connectivity index (χ3v) is 6.41. The minimum atomic E-state index is -0.673. The molecule has 3 aromatic rings. The normalized spacial score (nSPS) is 17.1. The number of β-amino-alcohol motifs (C(OH)–C–C–N with tert-alkyl or cyclic N) is 1. The summed E-state index contributed by atoms with van der Waals surface area (Å²) in [5, 5.41) is 28.9. The number of aliphatic hydroxyl groups is 2. The minimum absolute atomic E-state index is 0.0274. The molecule has 3 aromatic carbocycles. The Bertz CT molecular complexity index is 1160. The van der Waals surface area contributed by atoms with E-state index in [0.29, 0.717) is 24.4 Å². The number of ether oxygens (including phenoxy) is 1. The molecule has 0 aromatic heterocycles. The summed E-state index contributed by atoms with van der Waals surface area (Å²) < 4.78 is 19.2. The van der Waals surface area contributed by atoms with E-state index in [4.69, 9.17) is 15.1 Å². The van der Waals surface area contributed by atoms with Crippen LogP contribution in [0.15, 0.2) is 66.7 Å². The third kappa shape index (κ3) is 5.98. The molecule has 4 rings (SSSR count). The van der Waals surface area contributed by atoms with Gasteiger partial charge >= 0.3 is 0 Å². The molecule has 1 aliphatic rings. The Morgan fingerprint density at radius 3 is 2.49 bits per heavy atom. The summed E-state index contributed by atoms with van der Waals surface area (Å²) in [6, 6.07) is 21.6. The van der Waals surface area contributed by atoms with Gasteiger partial charge in [0.1, 0.15) is 18.2 Å². The molecule has 2 N–H and O–H groups in total. The van der Waals surface area contributed by atoms with Crippen molar-refractivity contribution in [3.63, 3.8) is 0 Å². The van der Waals surface area contributed by atoms with E-state index in [2.05, 4.69) is 15.9 Å². The smallest absolute Gasteiger partial charge is 0.123 e. The van der Waals surface area contributed by atoms with Crippen LogP contribution in [0.4, 0.5) is 10.1 Å². The van der Waals surface area contributed by atoms with Crippen LogP contribution in [0.5, 0.6) is 5.75 Å². The van der Waals surface area contributed by atoms with E-state index in [-0.39, 0.29) is 25.1 Å². The molecule has 0 spiro atoms. The van der Waals surface area contributed by atoms with E-state index in [0.717, 1.165) is 35.5 Å². The van der Waals surface area contributed by atoms with E-state index < -0.39 is 6.10 Å². The minimum Gasteiger partial charge on any atom is -0.491 e. The van der Waals surface area contributed by atoms with Crippen LogP contribution in [-0.4, -0.2) is 54.5 Å². The molecule has 6 nitrogen and oxygen atoms in total. The predicted octanol–water partition coefficient (Wildman–Crippen LogP) is 3.97. The topological polar surface area (TPSA) is 80.0 Å². The van der Waals surface area contributed by atoms with Crippen molar-refractivity contribution in [2.24, 2.45) is 0 Å². The summed E-state index contributed by atoms with van der Waals surface area (Å²) in [6.45, 7) is 4.86. The Morgan fingerprint density at radius 2 is 1.83 bits per heavy atom. The van der Waals surface area contributed by atoms with Crippen LogP contribution < -0.4 is 9.64 Å². The summed E-state index contributed by atoms with van der Waals surface area (Å²) >= 11 is 0. The first-order valence-electron chi connectivity index (χ1n) is 11.8. The van der Waals surface area contributed by atoms with E-state index in [1.807, 2.05) is 37.3 Å². The highest BCUT2D eigenvalue weighted by molar-refractivity contribution is 5.58. The third-order valence-electron chi connectivity index (χ3n) is 6.41. The van der Waals surface area contributed by atoms with Crippen molar-refractivity contribution in [3.8, 4) is 11.8 Å². The van der Waals surface area contributed by atoms with Crippen LogP contribution in [0.25, 0.3) is 0 Å². The van der Waals surface area contributed by atoms with Crippen molar-refractivity contribution in [1.82, 2.24) is 4.90 Å². The highest BCUT2D eigenvalue weighted by Crippen LogP contribution is 2.35. The Labute approximate surface area is 205 Å². The zero-order chi connectivity index (χ0) is 24.8. The molecule has 1 fully saturated rings. The molecule has 1 saturated heterocycles. The second-order valence-corrected chi connectivity index (χ2v) is 8.79. The van der Waals surface area contributed by atoms with Crippen LogP contribution in [0.2, 0.25) is 0 Å². The van der Waals surface area contributed by atoms with Gasteiger partial charge in [0.05, 0.1) is 30.4 Å². The van der Waals surface area contributed by atoms with Crippen LogP contribution >= 0.6 is 0 Å². The Morgan fingerprint density at radius 1 is 1.09 bits per heavy atom. The van der Waals surface area contributed by atoms with Crippen LogP contribution in [-0.2, 0) is 0 Å². The maximum Gasteiger partial charge on any atom is 0.123 e. The molecule has 0 bridgehead atoms. The standard InChI is InChI=1S/C28H30FN3O3/c1-20-16-25(35-15-14-33)10-11-26(20)32-13-12-31(18-27(32)22-6-8-24(29)9-7-22)19-28(34)23-4-2-21(17-30)3-5-23/h2-11,16,27-28,33-34H,12-15,18-19H2,1H3/t27-,28?/m0/s1. The lowest BCUT2D eigenvalue weighted by atomic mass is 9.99. The Hall–Kier alpha value is -3.44. The lowest BCUT2D eigenvalue weighted by molar-refractivity contribution is 0.100. The van der Waals surface area contributed by atoms with Crippen molar-refractivity contribution >= 4 is 5.69 Å². The molecule has 182 valence electrons. The second-order valence-electron chi connectivity index (χ2n) is 8.79. The lowest BCUT2D eigenvalue weighted by Gasteiger charge is -2.44. The molecule has 0 radical (unpaired) electrons. The van der Waals surface area contributed by atoms with E-state index in [1.54, 1.807) is 24.3 Å². The number of benzene rings is 3. The molecular formula is C28H30FN3O3. The number of aryl methyl sites for hydroxylation is 1. The van der Waals surface area contributed by atoms with Crippen molar-refractivity contribution in [2.45, 2.75) is 19.1 Å². The van der Waals surface area contributed by atoms with Gasteiger partial charge in [0.2, 0.25) is 0 Å². The number of nitriles is 1. The molecule has 0 amide bonds. The van der Waals surface area contributed by atoms with Gasteiger partial charge in [-0.05, 0) is 66.1 Å². The molecular weight excluding hydrogens is 445 g/mol. The van der Waals surface area contributed by atoms with Crippen molar-refractivity contribution in [3.05, 3.63) is 94.8 Å². The van der Waals surface area contributed by atoms with Gasteiger partial charge < -0.3 is 19.8 Å². The fourth-order valence-corrected chi connectivity index (χ4v) is 4.60. The first-order valence-corrected chi connectivity index (χ1v) is 11.8. The van der Waals surface area contributed by atoms with Crippen molar-refractivity contribution in [1.29, 1.82) is 5.26 Å². The van der Waals surface area contributed by atoms with Gasteiger partial charge in [-0.3, -0.25) is 4.90 Å². The second kappa shape index (κ2) is 11.3. The molecule has 7 heteroatoms. The Balaban J connectivity index is 1.55. The molecule has 1 aliphatic heterocycles. The number of nitrogens with zero attached hydrogens (tertiary/aromatic N) is 3. The summed E-state index contributed by atoms with van der Waals surface area (Å²) in [5.74, 6) is 0.438. The highest BCUT2D eigenvalue weighted by Gasteiger charge is 2.30. The monoisotopic (exact) mass is 475 g/mol. The van der Waals surface area contributed by atoms with Gasteiger partial charge in [0.15, 0.2) is 0 Å². The first-order chi connectivity index (χ1) is 17.0. The summed E-state index contributed by atoms with van der Waals surface area (Å²) in [7, 11) is 0. The highest BCUT2D eigenvalue weighted by atomic mass is 19.1. The Kier molecular flexibility index (Phi) is 7.98. The number of rotatable bonds is 8. The SMILES string of the molecule is Cc1cc(OCCO)ccc1N1CCN(CC(O)c2ccc(C#N)cc2)C[C@H]1c1ccc(F)cc1. The number of anilines is 1. The lowest BCUT2D eigenvalue weighted by Crippen LogP contribution is -2.49. The van der Waals surface area contributed by atoms with Gasteiger partial charge in [-0.1, -0.05) is 24.3 Å². The largest absolute Gasteiger partial charge is 0.491 e. The first kappa shape index (κ1) is 24.7. The van der Waals surface area contributed by atoms with Crippen LogP contribution in [0, 0.1) is 24.1 Å². The fraction of sp³-hybridized carbons (Fsp3) is 0.321. The molecule has 0 saturated carbocycles. The fourth-order valence-electron chi connectivity index (χ4n) is 4.60. The van der Waals surface area contributed by atoms with Gasteiger partial charge in [-0.25, -0.2) is 4.39 Å². The number of piperazine rings is 1. The quantitative estimate of drug-likeness (QED) is 0.513. The molecule has 2 atom stereocenters. The van der Waals surface area contributed by atoms with E-state index >= 15 is 0 Å². The van der Waals surface area contributed by atoms with Gasteiger partial charge in [0, 0.05) is 31.9 Å². The van der Waals surface area contributed by atoms with Gasteiger partial charge in [0.25, 0.3) is 0 Å². The van der Waals surface area contributed by atoms with Gasteiger partial charge in [-0.2, -0.15) is 5.26 Å². The molecule has 1 unspecified atom stereocenters. The van der Waals surface area contributed by atoms with E-state index in [9.17, 15) is 9.50 Å². The average Bonchev–Trinajstić information content (AvgIpc) is 2.88. The van der Waals surface area contributed by atoms with Crippen molar-refractivity contribution < 1.29 is 19.3 Å². The summed E-state index contributed by atoms with van der Waals surface area (Å²) in [6.07, 6.45) is -0.673. The number of hydrogen-bond acceptors (Lipinski definition) is 6. The maximum absolute atomic E-state index is 13.7. The van der Waals surface area contributed by atoms with E-state index in [1.165, 1.54) is 12.1 Å². The summed E-state index contributed by atoms with van der Waals surface area (Å²) in [4.78, 5) is 4.55. The molecule has 1 heterocycles. The number of halogens is 1. The maximum atomic E-state index is 13.7.